The minimum Gasteiger partial charge on any atom is -0.333 e. The molecule has 2 aromatic carbocycles. The summed E-state index contributed by atoms with van der Waals surface area (Å²) in [5.41, 5.74) is 1.57. The molecule has 2 heterocycles. The molecule has 0 fully saturated rings. The second-order valence-corrected chi connectivity index (χ2v) is 9.42. The molecule has 0 unspecified atom stereocenters. The van der Waals surface area contributed by atoms with Crippen LogP contribution in [0.5, 0.6) is 0 Å². The number of thioether (sulfide) groups is 1. The highest BCUT2D eigenvalue weighted by Crippen LogP contribution is 2.26. The van der Waals surface area contributed by atoms with Crippen LogP contribution in [0.1, 0.15) is 10.4 Å². The van der Waals surface area contributed by atoms with Crippen molar-refractivity contribution in [2.45, 2.75) is 18.6 Å². The Balaban J connectivity index is 1.56. The lowest BCUT2D eigenvalue weighted by molar-refractivity contribution is -0.117. The van der Waals surface area contributed by atoms with Gasteiger partial charge in [-0.1, -0.05) is 47.6 Å². The molecule has 3 amide bonds. The summed E-state index contributed by atoms with van der Waals surface area (Å²) in [6, 6.07) is 15.5. The van der Waals surface area contributed by atoms with E-state index >= 15 is 0 Å². The lowest BCUT2D eigenvalue weighted by Gasteiger charge is -2.15. The summed E-state index contributed by atoms with van der Waals surface area (Å²) >= 11 is 8.87. The quantitative estimate of drug-likeness (QED) is 0.301. The third kappa shape index (κ3) is 5.27. The fourth-order valence-electron chi connectivity index (χ4n) is 3.18. The second kappa shape index (κ2) is 10.2. The van der Waals surface area contributed by atoms with Gasteiger partial charge in [-0.3, -0.25) is 19.5 Å². The molecule has 10 heteroatoms. The number of hydrogen-bond acceptors (Lipinski definition) is 6. The molecule has 0 saturated heterocycles. The monoisotopic (exact) mass is 498 g/mol. The zero-order valence-corrected chi connectivity index (χ0v) is 19.9. The van der Waals surface area contributed by atoms with Crippen LogP contribution in [0.15, 0.2) is 69.9 Å². The number of para-hydroxylation sites is 1. The smallest absolute Gasteiger partial charge is 0.321 e. The van der Waals surface area contributed by atoms with Crippen LogP contribution < -0.4 is 16.2 Å². The molecule has 0 spiro atoms. The van der Waals surface area contributed by atoms with E-state index in [4.69, 9.17) is 11.6 Å². The van der Waals surface area contributed by atoms with Gasteiger partial charge >= 0.3 is 6.03 Å². The van der Waals surface area contributed by atoms with E-state index < -0.39 is 11.9 Å². The van der Waals surface area contributed by atoms with Crippen LogP contribution in [0, 0.1) is 6.92 Å². The average molecular weight is 499 g/mol. The van der Waals surface area contributed by atoms with E-state index in [1.165, 1.54) is 15.9 Å². The predicted molar refractivity (Wildman–Crippen MR) is 133 cm³/mol. The maximum Gasteiger partial charge on any atom is 0.321 e. The molecule has 0 bridgehead atoms. The van der Waals surface area contributed by atoms with Crippen molar-refractivity contribution in [1.82, 2.24) is 20.2 Å². The van der Waals surface area contributed by atoms with Gasteiger partial charge in [0.25, 0.3) is 5.56 Å². The Morgan fingerprint density at radius 2 is 1.94 bits per heavy atom. The summed E-state index contributed by atoms with van der Waals surface area (Å²) in [6.45, 7) is 2.15. The number of nitrogens with zero attached hydrogens (tertiary/aromatic N) is 2. The number of hydrogen-bond donors (Lipinski definition) is 2. The first-order valence-corrected chi connectivity index (χ1v) is 12.2. The highest BCUT2D eigenvalue weighted by molar-refractivity contribution is 7.99. The SMILES string of the molecule is Cc1c(Cl)cccc1-n1c(SCC(=O)NC(=O)NCc2cccs2)nc2ccccc2c1=O. The van der Waals surface area contributed by atoms with Gasteiger partial charge in [0.1, 0.15) is 0 Å². The number of amides is 3. The number of nitrogens with one attached hydrogen (secondary N) is 2. The van der Waals surface area contributed by atoms with Crippen LogP contribution in [-0.4, -0.2) is 27.2 Å². The van der Waals surface area contributed by atoms with E-state index in [0.29, 0.717) is 33.3 Å². The Labute approximate surface area is 202 Å². The predicted octanol–water partition coefficient (Wildman–Crippen LogP) is 4.53. The van der Waals surface area contributed by atoms with Crippen molar-refractivity contribution in [1.29, 1.82) is 0 Å². The molecule has 0 aliphatic heterocycles. The molecule has 0 aliphatic carbocycles. The number of rotatable bonds is 6. The number of fused-ring (bicyclic) bond motifs is 1. The van der Waals surface area contributed by atoms with E-state index in [-0.39, 0.29) is 11.3 Å². The van der Waals surface area contributed by atoms with Gasteiger partial charge < -0.3 is 5.32 Å². The number of carbonyl (C=O) groups is 2. The van der Waals surface area contributed by atoms with Crippen LogP contribution in [0.2, 0.25) is 5.02 Å². The van der Waals surface area contributed by atoms with Crippen molar-refractivity contribution in [2.75, 3.05) is 5.75 Å². The second-order valence-electron chi connectivity index (χ2n) is 7.03. The molecule has 33 heavy (non-hydrogen) atoms. The molecule has 0 aliphatic rings. The van der Waals surface area contributed by atoms with E-state index in [1.54, 1.807) is 42.5 Å². The molecule has 168 valence electrons. The standard InChI is InChI=1S/C23H19ClN4O3S2/c1-14-17(24)8-4-10-19(14)28-21(30)16-7-2-3-9-18(16)26-23(28)33-13-20(29)27-22(31)25-12-15-6-5-11-32-15/h2-11H,12-13H2,1H3,(H2,25,27,29,31). The van der Waals surface area contributed by atoms with E-state index in [1.807, 2.05) is 24.4 Å². The summed E-state index contributed by atoms with van der Waals surface area (Å²) in [7, 11) is 0. The molecule has 4 aromatic rings. The van der Waals surface area contributed by atoms with Gasteiger partial charge in [0.15, 0.2) is 5.16 Å². The minimum absolute atomic E-state index is 0.100. The topological polar surface area (TPSA) is 93.1 Å². The van der Waals surface area contributed by atoms with Crippen LogP contribution in [0.4, 0.5) is 4.79 Å². The Morgan fingerprint density at radius 3 is 2.73 bits per heavy atom. The fourth-order valence-corrected chi connectivity index (χ4v) is 4.80. The van der Waals surface area contributed by atoms with Gasteiger partial charge in [-0.2, -0.15) is 0 Å². The van der Waals surface area contributed by atoms with Crippen LogP contribution in [0.3, 0.4) is 0 Å². The van der Waals surface area contributed by atoms with Gasteiger partial charge in [0.2, 0.25) is 5.91 Å². The lowest BCUT2D eigenvalue weighted by Crippen LogP contribution is -2.39. The molecule has 0 radical (unpaired) electrons. The Kier molecular flexibility index (Phi) is 7.12. The van der Waals surface area contributed by atoms with Gasteiger partial charge in [0, 0.05) is 9.90 Å². The van der Waals surface area contributed by atoms with Crippen molar-refractivity contribution in [3.05, 3.63) is 85.8 Å². The third-order valence-electron chi connectivity index (χ3n) is 4.81. The first-order valence-electron chi connectivity index (χ1n) is 9.94. The molecule has 2 aromatic heterocycles. The highest BCUT2D eigenvalue weighted by Gasteiger charge is 2.17. The largest absolute Gasteiger partial charge is 0.333 e. The zero-order chi connectivity index (χ0) is 23.4. The van der Waals surface area contributed by atoms with Gasteiger partial charge in [0.05, 0.1) is 28.9 Å². The Bertz CT molecular complexity index is 1390. The van der Waals surface area contributed by atoms with Gasteiger partial charge in [-0.25, -0.2) is 9.78 Å². The summed E-state index contributed by atoms with van der Waals surface area (Å²) < 4.78 is 1.46. The summed E-state index contributed by atoms with van der Waals surface area (Å²) in [5.74, 6) is -0.600. The fraction of sp³-hybridized carbons (Fsp3) is 0.130. The molecular formula is C23H19ClN4O3S2. The molecule has 0 atom stereocenters. The number of aromatic nitrogens is 2. The number of urea groups is 1. The number of carbonyl (C=O) groups excluding carboxylic acids is 2. The number of benzene rings is 2. The summed E-state index contributed by atoms with van der Waals surface area (Å²) in [6.07, 6.45) is 0. The van der Waals surface area contributed by atoms with Crippen LogP contribution >= 0.6 is 34.7 Å². The maximum atomic E-state index is 13.3. The first-order chi connectivity index (χ1) is 15.9. The number of imide groups is 1. The minimum atomic E-state index is -0.580. The molecule has 0 saturated carbocycles. The molecule has 2 N–H and O–H groups in total. The van der Waals surface area contributed by atoms with Crippen molar-refractivity contribution in [3.63, 3.8) is 0 Å². The first kappa shape index (κ1) is 23.0. The Hall–Kier alpha value is -3.14. The normalized spacial score (nSPS) is 10.8. The van der Waals surface area contributed by atoms with E-state index in [9.17, 15) is 14.4 Å². The number of thiophene rings is 1. The van der Waals surface area contributed by atoms with Gasteiger partial charge in [-0.15, -0.1) is 11.3 Å². The highest BCUT2D eigenvalue weighted by atomic mass is 35.5. The molecule has 4 rings (SSSR count). The van der Waals surface area contributed by atoms with Crippen molar-refractivity contribution >= 4 is 57.5 Å². The average Bonchev–Trinajstić information content (AvgIpc) is 3.33. The zero-order valence-electron chi connectivity index (χ0n) is 17.5. The lowest BCUT2D eigenvalue weighted by atomic mass is 10.2. The molecular weight excluding hydrogens is 480 g/mol. The summed E-state index contributed by atoms with van der Waals surface area (Å²) in [5, 5.41) is 8.16. The Morgan fingerprint density at radius 1 is 1.12 bits per heavy atom. The van der Waals surface area contributed by atoms with Crippen molar-refractivity contribution in [2.24, 2.45) is 0 Å². The third-order valence-corrected chi connectivity index (χ3v) is 7.04. The van der Waals surface area contributed by atoms with Crippen molar-refractivity contribution in [3.8, 4) is 5.69 Å². The maximum absolute atomic E-state index is 13.3. The van der Waals surface area contributed by atoms with Crippen molar-refractivity contribution < 1.29 is 9.59 Å². The number of halogens is 1. The van der Waals surface area contributed by atoms with Crippen LogP contribution in [-0.2, 0) is 11.3 Å². The summed E-state index contributed by atoms with van der Waals surface area (Å²) in [4.78, 5) is 43.3. The van der Waals surface area contributed by atoms with Gasteiger partial charge in [-0.05, 0) is 48.2 Å². The van der Waals surface area contributed by atoms with E-state index in [2.05, 4.69) is 15.6 Å². The van der Waals surface area contributed by atoms with Crippen LogP contribution in [0.25, 0.3) is 16.6 Å². The molecule has 7 nitrogen and oxygen atoms in total. The van der Waals surface area contributed by atoms with E-state index in [0.717, 1.165) is 22.2 Å².